The first-order chi connectivity index (χ1) is 13.4. The van der Waals surface area contributed by atoms with Gasteiger partial charge in [-0.3, -0.25) is 9.69 Å². The van der Waals surface area contributed by atoms with Crippen LogP contribution in [0.1, 0.15) is 49.7 Å². The van der Waals surface area contributed by atoms with Crippen LogP contribution in [-0.2, 0) is 21.1 Å². The predicted octanol–water partition coefficient (Wildman–Crippen LogP) is 3.50. The molecule has 3 aliphatic rings. The van der Waals surface area contributed by atoms with Gasteiger partial charge in [-0.2, -0.15) is 13.2 Å². The van der Waals surface area contributed by atoms with E-state index in [-0.39, 0.29) is 12.0 Å². The van der Waals surface area contributed by atoms with Crippen molar-refractivity contribution in [3.05, 3.63) is 35.4 Å². The molecule has 4 rings (SSSR count). The van der Waals surface area contributed by atoms with Gasteiger partial charge in [-0.25, -0.2) is 0 Å². The Morgan fingerprint density at radius 3 is 2.79 bits per heavy atom. The van der Waals surface area contributed by atoms with Gasteiger partial charge in [0.2, 0.25) is 5.91 Å². The maximum absolute atomic E-state index is 13.2. The maximum atomic E-state index is 13.2. The fourth-order valence-corrected chi connectivity index (χ4v) is 5.00. The van der Waals surface area contributed by atoms with Crippen LogP contribution < -0.4 is 5.32 Å². The highest BCUT2D eigenvalue weighted by molar-refractivity contribution is 5.88. The number of amides is 1. The van der Waals surface area contributed by atoms with Crippen molar-refractivity contribution >= 4 is 5.91 Å². The molecule has 4 nitrogen and oxygen atoms in total. The van der Waals surface area contributed by atoms with Gasteiger partial charge in [0.25, 0.3) is 0 Å². The zero-order valence-corrected chi connectivity index (χ0v) is 15.9. The molecule has 1 aliphatic carbocycles. The summed E-state index contributed by atoms with van der Waals surface area (Å²) in [6, 6.07) is 5.77. The normalized spacial score (nSPS) is 27.5. The van der Waals surface area contributed by atoms with E-state index in [1.165, 1.54) is 12.5 Å². The molecule has 2 heterocycles. The summed E-state index contributed by atoms with van der Waals surface area (Å²) in [4.78, 5) is 15.6. The fraction of sp³-hybridized carbons (Fsp3) is 0.667. The Morgan fingerprint density at radius 2 is 2.04 bits per heavy atom. The molecule has 1 N–H and O–H groups in total. The van der Waals surface area contributed by atoms with Crippen LogP contribution in [0.2, 0.25) is 0 Å². The van der Waals surface area contributed by atoms with Gasteiger partial charge in [-0.15, -0.1) is 0 Å². The van der Waals surface area contributed by atoms with E-state index in [9.17, 15) is 18.0 Å². The first-order valence-corrected chi connectivity index (χ1v) is 10.2. The lowest BCUT2D eigenvalue weighted by Crippen LogP contribution is -2.52. The van der Waals surface area contributed by atoms with Gasteiger partial charge in [-0.05, 0) is 43.9 Å². The minimum Gasteiger partial charge on any atom is -0.373 e. The van der Waals surface area contributed by atoms with E-state index in [0.29, 0.717) is 37.6 Å². The van der Waals surface area contributed by atoms with E-state index in [2.05, 4.69) is 10.2 Å². The Bertz CT molecular complexity index is 716. The summed E-state index contributed by atoms with van der Waals surface area (Å²) in [5, 5.41) is 3.00. The Kier molecular flexibility index (Phi) is 5.40. The van der Waals surface area contributed by atoms with E-state index >= 15 is 0 Å². The summed E-state index contributed by atoms with van der Waals surface area (Å²) in [7, 11) is 0. The van der Waals surface area contributed by atoms with Crippen molar-refractivity contribution in [2.24, 2.45) is 0 Å². The summed E-state index contributed by atoms with van der Waals surface area (Å²) in [5.74, 6) is -0.170. The van der Waals surface area contributed by atoms with Crippen LogP contribution in [0.25, 0.3) is 0 Å². The van der Waals surface area contributed by atoms with Gasteiger partial charge >= 0.3 is 6.18 Å². The monoisotopic (exact) mass is 396 g/mol. The van der Waals surface area contributed by atoms with E-state index < -0.39 is 17.2 Å². The number of carbonyl (C=O) groups is 1. The molecule has 2 atom stereocenters. The molecule has 0 unspecified atom stereocenters. The largest absolute Gasteiger partial charge is 0.416 e. The smallest absolute Gasteiger partial charge is 0.373 e. The lowest BCUT2D eigenvalue weighted by molar-refractivity contribution is -0.138. The standard InChI is InChI=1S/C21H27F3N2O2/c22-21(23,24)16-6-3-5-15(11-16)20(8-1-2-9-20)19(27)25-12-18-13-26-10-4-7-17(26)14-28-18/h3,5-6,11,17-18H,1-2,4,7-10,12-14H2,(H,25,27)/t17-,18+/m1/s1. The average Bonchev–Trinajstić information content (AvgIpc) is 3.35. The molecule has 1 aromatic rings. The molecular weight excluding hydrogens is 369 g/mol. The molecule has 0 bridgehead atoms. The quantitative estimate of drug-likeness (QED) is 0.847. The van der Waals surface area contributed by atoms with E-state index in [0.717, 1.165) is 44.5 Å². The highest BCUT2D eigenvalue weighted by atomic mass is 19.4. The number of morpholine rings is 1. The van der Waals surface area contributed by atoms with Crippen LogP contribution in [0.5, 0.6) is 0 Å². The number of fused-ring (bicyclic) bond motifs is 1. The molecule has 0 radical (unpaired) electrons. The summed E-state index contributed by atoms with van der Waals surface area (Å²) < 4.78 is 45.4. The molecule has 1 aromatic carbocycles. The lowest BCUT2D eigenvalue weighted by atomic mass is 9.77. The third kappa shape index (κ3) is 3.79. The van der Waals surface area contributed by atoms with Gasteiger partial charge < -0.3 is 10.1 Å². The molecule has 28 heavy (non-hydrogen) atoms. The Morgan fingerprint density at radius 1 is 1.25 bits per heavy atom. The molecule has 2 aliphatic heterocycles. The first-order valence-electron chi connectivity index (χ1n) is 10.2. The van der Waals surface area contributed by atoms with Crippen LogP contribution in [0, 0.1) is 0 Å². The number of hydrogen-bond donors (Lipinski definition) is 1. The number of nitrogens with zero attached hydrogens (tertiary/aromatic N) is 1. The molecule has 7 heteroatoms. The minimum absolute atomic E-state index is 0.0572. The van der Waals surface area contributed by atoms with Gasteiger partial charge in [0.15, 0.2) is 0 Å². The Hall–Kier alpha value is -1.60. The lowest BCUT2D eigenvalue weighted by Gasteiger charge is -2.36. The van der Waals surface area contributed by atoms with E-state index in [1.807, 2.05) is 0 Å². The number of halogens is 3. The molecule has 154 valence electrons. The topological polar surface area (TPSA) is 41.6 Å². The summed E-state index contributed by atoms with van der Waals surface area (Å²) in [5.41, 5.74) is -1.09. The van der Waals surface area contributed by atoms with Crippen LogP contribution >= 0.6 is 0 Å². The van der Waals surface area contributed by atoms with Gasteiger partial charge in [0.05, 0.1) is 23.7 Å². The first kappa shape index (κ1) is 19.7. The SMILES string of the molecule is O=C(NC[C@H]1CN2CCC[C@@H]2CO1)C1(c2cccc(C(F)(F)F)c2)CCCC1. The molecule has 2 saturated heterocycles. The van der Waals surface area contributed by atoms with Crippen LogP contribution in [0.15, 0.2) is 24.3 Å². The zero-order chi connectivity index (χ0) is 19.8. The van der Waals surface area contributed by atoms with Crippen molar-refractivity contribution in [1.82, 2.24) is 10.2 Å². The molecular formula is C21H27F3N2O2. The van der Waals surface area contributed by atoms with Crippen LogP contribution in [-0.4, -0.2) is 49.2 Å². The Balaban J connectivity index is 1.46. The van der Waals surface area contributed by atoms with Crippen LogP contribution in [0.4, 0.5) is 13.2 Å². The molecule has 3 fully saturated rings. The predicted molar refractivity (Wildman–Crippen MR) is 98.9 cm³/mol. The van der Waals surface area contributed by atoms with Crippen molar-refractivity contribution in [1.29, 1.82) is 0 Å². The zero-order valence-electron chi connectivity index (χ0n) is 15.9. The number of ether oxygens (including phenoxy) is 1. The number of hydrogen-bond acceptors (Lipinski definition) is 3. The van der Waals surface area contributed by atoms with Crippen LogP contribution in [0.3, 0.4) is 0 Å². The summed E-state index contributed by atoms with van der Waals surface area (Å²) in [6.07, 6.45) is 0.744. The third-order valence-electron chi connectivity index (χ3n) is 6.59. The highest BCUT2D eigenvalue weighted by Gasteiger charge is 2.44. The number of nitrogens with one attached hydrogen (secondary N) is 1. The molecule has 0 spiro atoms. The molecule has 1 amide bonds. The summed E-state index contributed by atoms with van der Waals surface area (Å²) in [6.45, 7) is 2.98. The number of benzene rings is 1. The van der Waals surface area contributed by atoms with Gasteiger partial charge in [-0.1, -0.05) is 31.0 Å². The minimum atomic E-state index is -4.41. The average molecular weight is 396 g/mol. The van der Waals surface area contributed by atoms with Crippen molar-refractivity contribution in [3.63, 3.8) is 0 Å². The second-order valence-electron chi connectivity index (χ2n) is 8.32. The van der Waals surface area contributed by atoms with Crippen molar-refractivity contribution in [2.75, 3.05) is 26.2 Å². The van der Waals surface area contributed by atoms with Crippen molar-refractivity contribution in [3.8, 4) is 0 Å². The molecule has 0 aromatic heterocycles. The van der Waals surface area contributed by atoms with Crippen molar-refractivity contribution < 1.29 is 22.7 Å². The second-order valence-corrected chi connectivity index (χ2v) is 8.32. The third-order valence-corrected chi connectivity index (χ3v) is 6.59. The van der Waals surface area contributed by atoms with E-state index in [1.54, 1.807) is 6.07 Å². The second kappa shape index (κ2) is 7.67. The fourth-order valence-electron chi connectivity index (χ4n) is 5.00. The number of rotatable bonds is 4. The maximum Gasteiger partial charge on any atom is 0.416 e. The number of alkyl halides is 3. The van der Waals surface area contributed by atoms with Gasteiger partial charge in [0.1, 0.15) is 0 Å². The van der Waals surface area contributed by atoms with Crippen molar-refractivity contribution in [2.45, 2.75) is 62.3 Å². The molecule has 1 saturated carbocycles. The highest BCUT2D eigenvalue weighted by Crippen LogP contribution is 2.43. The van der Waals surface area contributed by atoms with Gasteiger partial charge in [0, 0.05) is 19.1 Å². The Labute approximate surface area is 163 Å². The summed E-state index contributed by atoms with van der Waals surface area (Å²) >= 11 is 0. The number of carbonyl (C=O) groups excluding carboxylic acids is 1. The van der Waals surface area contributed by atoms with E-state index in [4.69, 9.17) is 4.74 Å².